The predicted octanol–water partition coefficient (Wildman–Crippen LogP) is 12.9. The lowest BCUT2D eigenvalue weighted by Gasteiger charge is -2.30. The Morgan fingerprint density at radius 3 is 2.16 bits per heavy atom. The van der Waals surface area contributed by atoms with Crippen LogP contribution in [-0.2, 0) is 0 Å². The maximum absolute atomic E-state index is 6.48. The number of hydrogen-bond donors (Lipinski definition) is 3. The molecular formula is C52H37N3O. The summed E-state index contributed by atoms with van der Waals surface area (Å²) in [5.41, 5.74) is 30.6. The van der Waals surface area contributed by atoms with E-state index in [0.717, 1.165) is 50.0 Å². The largest absolute Gasteiger partial charge is 0.456 e. The minimum Gasteiger partial charge on any atom is -0.456 e. The van der Waals surface area contributed by atoms with E-state index in [1.807, 2.05) is 30.3 Å². The number of nitrogens with one attached hydrogen (secondary N) is 1. The highest BCUT2D eigenvalue weighted by molar-refractivity contribution is 6.19. The van der Waals surface area contributed by atoms with E-state index in [1.54, 1.807) is 6.20 Å². The van der Waals surface area contributed by atoms with Gasteiger partial charge in [-0.25, -0.2) is 0 Å². The summed E-state index contributed by atoms with van der Waals surface area (Å²) in [7, 11) is 0. The molecule has 1 aliphatic heterocycles. The molecule has 9 aromatic rings. The molecule has 56 heavy (non-hydrogen) atoms. The lowest BCUT2D eigenvalue weighted by molar-refractivity contribution is 0.669. The van der Waals surface area contributed by atoms with E-state index in [-0.39, 0.29) is 6.04 Å². The van der Waals surface area contributed by atoms with Crippen LogP contribution >= 0.6 is 0 Å². The van der Waals surface area contributed by atoms with E-state index in [9.17, 15) is 0 Å². The molecule has 4 heteroatoms. The zero-order chi connectivity index (χ0) is 37.5. The second kappa shape index (κ2) is 12.4. The molecule has 1 atom stereocenters. The van der Waals surface area contributed by atoms with E-state index < -0.39 is 0 Å². The van der Waals surface area contributed by atoms with E-state index in [0.29, 0.717) is 0 Å². The van der Waals surface area contributed by atoms with Gasteiger partial charge in [0.25, 0.3) is 0 Å². The number of para-hydroxylation sites is 2. The monoisotopic (exact) mass is 719 g/mol. The van der Waals surface area contributed by atoms with Gasteiger partial charge >= 0.3 is 0 Å². The molecule has 0 saturated heterocycles. The van der Waals surface area contributed by atoms with Crippen molar-refractivity contribution in [3.8, 4) is 33.4 Å². The third-order valence-corrected chi connectivity index (χ3v) is 11.9. The molecule has 2 heterocycles. The van der Waals surface area contributed by atoms with Crippen molar-refractivity contribution in [1.82, 2.24) is 5.32 Å². The Morgan fingerprint density at radius 2 is 1.29 bits per heavy atom. The lowest BCUT2D eigenvalue weighted by Crippen LogP contribution is -2.25. The number of nitrogen functional groups attached to an aromatic ring is 1. The van der Waals surface area contributed by atoms with Crippen LogP contribution in [0.15, 0.2) is 174 Å². The molecule has 8 aromatic carbocycles. The smallest absolute Gasteiger partial charge is 0.135 e. The summed E-state index contributed by atoms with van der Waals surface area (Å²) in [6.45, 7) is 2.16. The molecule has 0 spiro atoms. The van der Waals surface area contributed by atoms with E-state index in [2.05, 4.69) is 146 Å². The first-order chi connectivity index (χ1) is 27.5. The van der Waals surface area contributed by atoms with Crippen LogP contribution in [0.25, 0.3) is 93.7 Å². The molecule has 4 nitrogen and oxygen atoms in total. The van der Waals surface area contributed by atoms with Crippen LogP contribution in [0.5, 0.6) is 0 Å². The number of rotatable bonds is 5. The summed E-state index contributed by atoms with van der Waals surface area (Å²) in [5, 5.41) is 11.0. The highest BCUT2D eigenvalue weighted by Gasteiger charge is 2.26. The zero-order valence-electron chi connectivity index (χ0n) is 30.8. The van der Waals surface area contributed by atoms with Crippen molar-refractivity contribution >= 4 is 66.0 Å². The van der Waals surface area contributed by atoms with Gasteiger partial charge in [-0.1, -0.05) is 121 Å². The fourth-order valence-electron chi connectivity index (χ4n) is 9.11. The first-order valence-electron chi connectivity index (χ1n) is 19.1. The number of fused-ring (bicyclic) bond motifs is 8. The van der Waals surface area contributed by atoms with Crippen LogP contribution in [0.1, 0.15) is 35.2 Å². The molecule has 0 fully saturated rings. The SMILES string of the molecule is CC1=C(c2ccccc2N)NC(/C=C\C(=C/N)c2ccc3c4c(cccc24)-c2cc4ccc(-c5ccc6oc7ccccc7c6c5)cc4cc2-3)c2ccccc21. The Morgan fingerprint density at radius 1 is 0.589 bits per heavy atom. The minimum absolute atomic E-state index is 0.0706. The van der Waals surface area contributed by atoms with Crippen LogP contribution in [0.2, 0.25) is 0 Å². The lowest BCUT2D eigenvalue weighted by atomic mass is 9.87. The van der Waals surface area contributed by atoms with Gasteiger partial charge in [0.05, 0.1) is 6.04 Å². The van der Waals surface area contributed by atoms with Crippen molar-refractivity contribution in [2.75, 3.05) is 5.73 Å². The molecule has 1 aromatic heterocycles. The first kappa shape index (κ1) is 32.2. The number of hydrogen-bond acceptors (Lipinski definition) is 4. The number of anilines is 1. The number of nitrogens with two attached hydrogens (primary N) is 2. The zero-order valence-corrected chi connectivity index (χ0v) is 30.8. The second-order valence-corrected chi connectivity index (χ2v) is 14.9. The topological polar surface area (TPSA) is 77.2 Å². The third kappa shape index (κ3) is 4.86. The van der Waals surface area contributed by atoms with Crippen molar-refractivity contribution in [2.45, 2.75) is 13.0 Å². The second-order valence-electron chi connectivity index (χ2n) is 14.9. The van der Waals surface area contributed by atoms with E-state index in [4.69, 9.17) is 15.9 Å². The van der Waals surface area contributed by atoms with Crippen LogP contribution in [0.3, 0.4) is 0 Å². The van der Waals surface area contributed by atoms with Crippen LogP contribution in [-0.4, -0.2) is 0 Å². The van der Waals surface area contributed by atoms with E-state index >= 15 is 0 Å². The molecule has 5 N–H and O–H groups in total. The molecule has 1 aliphatic carbocycles. The summed E-state index contributed by atoms with van der Waals surface area (Å²) >= 11 is 0. The van der Waals surface area contributed by atoms with Crippen molar-refractivity contribution in [3.63, 3.8) is 0 Å². The Balaban J connectivity index is 0.962. The first-order valence-corrected chi connectivity index (χ1v) is 19.1. The van der Waals surface area contributed by atoms with Crippen LogP contribution in [0.4, 0.5) is 5.69 Å². The maximum atomic E-state index is 6.48. The van der Waals surface area contributed by atoms with Crippen LogP contribution < -0.4 is 16.8 Å². The Labute approximate surface area is 324 Å². The van der Waals surface area contributed by atoms with Gasteiger partial charge in [-0.15, -0.1) is 0 Å². The van der Waals surface area contributed by atoms with Gasteiger partial charge in [-0.3, -0.25) is 0 Å². The third-order valence-electron chi connectivity index (χ3n) is 11.9. The van der Waals surface area contributed by atoms with Gasteiger partial charge in [-0.05, 0) is 132 Å². The fraction of sp³-hybridized carbons (Fsp3) is 0.0385. The average molecular weight is 720 g/mol. The van der Waals surface area contributed by atoms with Crippen molar-refractivity contribution in [3.05, 3.63) is 192 Å². The molecule has 266 valence electrons. The normalized spacial score (nSPS) is 14.9. The van der Waals surface area contributed by atoms with Gasteiger partial charge in [0, 0.05) is 33.9 Å². The standard InChI is InChI=1S/C52H37N3O/c1-30-36-9-2-3-10-38(36)48(55-52(30)43-12-4-6-15-47(43)54)23-19-34(29-53)37-21-22-42-45-28-35-25-31(17-18-33(35)26-44(45)41-14-8-13-40(37)51(41)42)32-20-24-50-46(27-32)39-11-5-7-16-49(39)56-50/h2-29,48,55H,53-54H2,1H3/b23-19-,34-29+. The molecular weight excluding hydrogens is 683 g/mol. The highest BCUT2D eigenvalue weighted by atomic mass is 16.3. The summed E-state index contributed by atoms with van der Waals surface area (Å²) in [6.07, 6.45) is 6.11. The van der Waals surface area contributed by atoms with Crippen molar-refractivity contribution in [1.29, 1.82) is 0 Å². The minimum atomic E-state index is -0.0706. The van der Waals surface area contributed by atoms with Gasteiger partial charge in [0.2, 0.25) is 0 Å². The Kier molecular flexibility index (Phi) is 7.10. The van der Waals surface area contributed by atoms with Crippen LogP contribution in [0, 0.1) is 0 Å². The molecule has 1 unspecified atom stereocenters. The molecule has 0 radical (unpaired) electrons. The summed E-state index contributed by atoms with van der Waals surface area (Å²) < 4.78 is 6.11. The predicted molar refractivity (Wildman–Crippen MR) is 236 cm³/mol. The number of furan rings is 1. The average Bonchev–Trinajstić information content (AvgIpc) is 3.77. The number of allylic oxidation sites excluding steroid dienone is 3. The Bertz CT molecular complexity index is 3210. The number of benzene rings is 8. The van der Waals surface area contributed by atoms with Gasteiger partial charge < -0.3 is 21.2 Å². The van der Waals surface area contributed by atoms with Gasteiger partial charge in [0.15, 0.2) is 0 Å². The highest BCUT2D eigenvalue weighted by Crippen LogP contribution is 2.50. The van der Waals surface area contributed by atoms with Gasteiger partial charge in [-0.2, -0.15) is 0 Å². The molecule has 0 amide bonds. The summed E-state index contributed by atoms with van der Waals surface area (Å²) in [4.78, 5) is 0. The maximum Gasteiger partial charge on any atom is 0.135 e. The molecule has 11 rings (SSSR count). The molecule has 0 saturated carbocycles. The van der Waals surface area contributed by atoms with Crippen molar-refractivity contribution in [2.24, 2.45) is 5.73 Å². The summed E-state index contributed by atoms with van der Waals surface area (Å²) in [6, 6.07) is 54.0. The quantitative estimate of drug-likeness (QED) is 0.122. The fourth-order valence-corrected chi connectivity index (χ4v) is 9.11. The van der Waals surface area contributed by atoms with Gasteiger partial charge in [0.1, 0.15) is 11.2 Å². The van der Waals surface area contributed by atoms with Crippen molar-refractivity contribution < 1.29 is 4.42 Å². The summed E-state index contributed by atoms with van der Waals surface area (Å²) in [5.74, 6) is 0. The Hall–Kier alpha value is -7.30. The molecule has 2 aliphatic rings. The molecule has 0 bridgehead atoms. The van der Waals surface area contributed by atoms with E-state index in [1.165, 1.54) is 71.6 Å².